The number of hydrogen-bond donors (Lipinski definition) is 0. The molecule has 1 amide bonds. The molecule has 1 aromatic heterocycles. The number of rotatable bonds is 3. The fraction of sp³-hybridized carbons (Fsp3) is 0.750. The zero-order valence-electron chi connectivity index (χ0n) is 13.6. The molecule has 134 valence electrons. The normalized spacial score (nSPS) is 24.3. The number of piperidine rings is 2. The molecule has 2 aliphatic rings. The fourth-order valence-corrected chi connectivity index (χ4v) is 3.73. The average molecular weight is 344 g/mol. The van der Waals surface area contributed by atoms with Crippen LogP contribution in [0.1, 0.15) is 31.7 Å². The van der Waals surface area contributed by atoms with E-state index in [2.05, 4.69) is 4.98 Å². The summed E-state index contributed by atoms with van der Waals surface area (Å²) in [5.41, 5.74) is 0. The fourth-order valence-electron chi connectivity index (χ4n) is 3.73. The van der Waals surface area contributed by atoms with Crippen molar-refractivity contribution in [3.63, 3.8) is 0 Å². The Kier molecular flexibility index (Phi) is 5.12. The molecule has 0 N–H and O–H groups in total. The third-order valence-electron chi connectivity index (χ3n) is 4.99. The molecule has 0 aliphatic carbocycles. The molecule has 8 heteroatoms. The Hall–Kier alpha value is -1.57. The monoisotopic (exact) mass is 344 g/mol. The number of alkyl halides is 3. The van der Waals surface area contributed by atoms with E-state index in [1.54, 1.807) is 12.5 Å². The molecule has 24 heavy (non-hydrogen) atoms. The van der Waals surface area contributed by atoms with Crippen molar-refractivity contribution in [2.75, 3.05) is 32.7 Å². The Morgan fingerprint density at radius 1 is 1.17 bits per heavy atom. The van der Waals surface area contributed by atoms with Gasteiger partial charge >= 0.3 is 6.18 Å². The third kappa shape index (κ3) is 4.28. The molecule has 0 unspecified atom stereocenters. The molecular weight excluding hydrogens is 321 g/mol. The van der Waals surface area contributed by atoms with Crippen LogP contribution in [0.4, 0.5) is 13.2 Å². The van der Waals surface area contributed by atoms with Gasteiger partial charge in [-0.25, -0.2) is 4.98 Å². The Morgan fingerprint density at radius 2 is 1.92 bits per heavy atom. The smallest absolute Gasteiger partial charge is 0.340 e. The number of nitrogens with zero attached hydrogens (tertiary/aromatic N) is 4. The molecule has 0 saturated carbocycles. The van der Waals surface area contributed by atoms with Gasteiger partial charge in [-0.2, -0.15) is 13.2 Å². The van der Waals surface area contributed by atoms with Gasteiger partial charge in [0.1, 0.15) is 0 Å². The van der Waals surface area contributed by atoms with Gasteiger partial charge < -0.3 is 9.47 Å². The van der Waals surface area contributed by atoms with Crippen molar-refractivity contribution in [2.45, 2.75) is 37.9 Å². The number of aromatic nitrogens is 2. The van der Waals surface area contributed by atoms with Crippen LogP contribution in [0.25, 0.3) is 0 Å². The maximum atomic E-state index is 12.7. The Bertz CT molecular complexity index is 538. The Labute approximate surface area is 139 Å². The van der Waals surface area contributed by atoms with Crippen LogP contribution in [0.3, 0.4) is 0 Å². The molecule has 5 nitrogen and oxygen atoms in total. The Balaban J connectivity index is 1.52. The van der Waals surface area contributed by atoms with E-state index < -0.39 is 12.7 Å². The van der Waals surface area contributed by atoms with Crippen molar-refractivity contribution >= 4 is 5.91 Å². The zero-order chi connectivity index (χ0) is 17.2. The number of likely N-dealkylation sites (tertiary alicyclic amines) is 2. The highest BCUT2D eigenvalue weighted by Crippen LogP contribution is 2.27. The summed E-state index contributed by atoms with van der Waals surface area (Å²) in [7, 11) is 0. The summed E-state index contributed by atoms with van der Waals surface area (Å²) in [5.74, 6) is -0.0394. The molecule has 0 spiro atoms. The van der Waals surface area contributed by atoms with Gasteiger partial charge in [0.2, 0.25) is 5.91 Å². The van der Waals surface area contributed by atoms with Gasteiger partial charge in [-0.1, -0.05) is 0 Å². The summed E-state index contributed by atoms with van der Waals surface area (Å²) >= 11 is 0. The molecule has 1 aromatic rings. The summed E-state index contributed by atoms with van der Waals surface area (Å²) < 4.78 is 39.4. The van der Waals surface area contributed by atoms with Crippen LogP contribution in [0.5, 0.6) is 0 Å². The molecule has 3 rings (SSSR count). The predicted molar refractivity (Wildman–Crippen MR) is 82.3 cm³/mol. The molecule has 0 aromatic carbocycles. The van der Waals surface area contributed by atoms with Crippen LogP contribution >= 0.6 is 0 Å². The number of carbonyl (C=O) groups excluding carboxylic acids is 1. The van der Waals surface area contributed by atoms with Crippen LogP contribution in [0.2, 0.25) is 0 Å². The third-order valence-corrected chi connectivity index (χ3v) is 4.99. The van der Waals surface area contributed by atoms with E-state index in [0.29, 0.717) is 32.5 Å². The Morgan fingerprint density at radius 3 is 2.54 bits per heavy atom. The highest BCUT2D eigenvalue weighted by Gasteiger charge is 2.35. The number of halogens is 3. The minimum absolute atomic E-state index is 0.103. The lowest BCUT2D eigenvalue weighted by molar-refractivity contribution is -0.151. The summed E-state index contributed by atoms with van der Waals surface area (Å²) in [6.07, 6.45) is 4.25. The van der Waals surface area contributed by atoms with E-state index in [1.165, 1.54) is 4.90 Å². The van der Waals surface area contributed by atoms with Crippen LogP contribution in [-0.4, -0.2) is 64.2 Å². The molecule has 1 atom stereocenters. The lowest BCUT2D eigenvalue weighted by atomic mass is 9.93. The summed E-state index contributed by atoms with van der Waals surface area (Å²) in [6.45, 7) is 1.22. The van der Waals surface area contributed by atoms with Crippen molar-refractivity contribution in [1.82, 2.24) is 19.4 Å². The van der Waals surface area contributed by atoms with E-state index in [1.807, 2.05) is 15.7 Å². The molecule has 0 radical (unpaired) electrons. The van der Waals surface area contributed by atoms with Crippen LogP contribution in [0.15, 0.2) is 18.7 Å². The summed E-state index contributed by atoms with van der Waals surface area (Å²) in [6, 6.07) is 0.246. The molecule has 3 heterocycles. The van der Waals surface area contributed by atoms with E-state index >= 15 is 0 Å². The summed E-state index contributed by atoms with van der Waals surface area (Å²) in [4.78, 5) is 20.1. The minimum Gasteiger partial charge on any atom is -0.340 e. The van der Waals surface area contributed by atoms with E-state index in [0.717, 1.165) is 19.4 Å². The molecule has 2 aliphatic heterocycles. The maximum absolute atomic E-state index is 12.7. The van der Waals surface area contributed by atoms with Crippen LogP contribution < -0.4 is 0 Å². The van der Waals surface area contributed by atoms with Gasteiger partial charge in [-0.3, -0.25) is 9.69 Å². The number of amides is 1. The predicted octanol–water partition coefficient (Wildman–Crippen LogP) is 2.32. The van der Waals surface area contributed by atoms with Gasteiger partial charge in [-0.15, -0.1) is 0 Å². The first-order valence-corrected chi connectivity index (χ1v) is 8.48. The molecule has 0 bridgehead atoms. The minimum atomic E-state index is -4.16. The van der Waals surface area contributed by atoms with Crippen molar-refractivity contribution in [3.05, 3.63) is 18.7 Å². The molecule has 2 fully saturated rings. The van der Waals surface area contributed by atoms with E-state index in [-0.39, 0.29) is 17.9 Å². The zero-order valence-corrected chi connectivity index (χ0v) is 13.6. The maximum Gasteiger partial charge on any atom is 0.401 e. The van der Waals surface area contributed by atoms with Crippen molar-refractivity contribution < 1.29 is 18.0 Å². The largest absolute Gasteiger partial charge is 0.401 e. The van der Waals surface area contributed by atoms with Crippen LogP contribution in [0, 0.1) is 5.92 Å². The van der Waals surface area contributed by atoms with Gasteiger partial charge in [-0.05, 0) is 38.8 Å². The van der Waals surface area contributed by atoms with Gasteiger partial charge in [0.15, 0.2) is 0 Å². The first-order chi connectivity index (χ1) is 11.4. The second-order valence-corrected chi connectivity index (χ2v) is 6.76. The number of carbonyl (C=O) groups is 1. The van der Waals surface area contributed by atoms with E-state index in [4.69, 9.17) is 0 Å². The topological polar surface area (TPSA) is 41.4 Å². The van der Waals surface area contributed by atoms with Gasteiger partial charge in [0.05, 0.1) is 18.9 Å². The summed E-state index contributed by atoms with van der Waals surface area (Å²) in [5, 5.41) is 0. The van der Waals surface area contributed by atoms with Crippen molar-refractivity contribution in [2.24, 2.45) is 5.92 Å². The lowest BCUT2D eigenvalue weighted by Gasteiger charge is -2.38. The second-order valence-electron chi connectivity index (χ2n) is 6.76. The first-order valence-electron chi connectivity index (χ1n) is 8.48. The SMILES string of the molecule is O=C(C1CCN(CC(F)(F)F)CC1)N1CCC[C@H](n2ccnc2)C1. The lowest BCUT2D eigenvalue weighted by Crippen LogP contribution is -2.47. The standard InChI is InChI=1S/C16H23F3N4O/c17-16(18,19)11-21-7-3-13(4-8-21)15(24)22-6-1-2-14(10-22)23-9-5-20-12-23/h5,9,12-14H,1-4,6-8,10-11H2/t14-/m0/s1. The number of hydrogen-bond acceptors (Lipinski definition) is 3. The molecular formula is C16H23F3N4O. The molecule has 2 saturated heterocycles. The van der Waals surface area contributed by atoms with E-state index in [9.17, 15) is 18.0 Å². The van der Waals surface area contributed by atoms with Gasteiger partial charge in [0.25, 0.3) is 0 Å². The quantitative estimate of drug-likeness (QED) is 0.845. The second kappa shape index (κ2) is 7.13. The first kappa shape index (κ1) is 17.3. The van der Waals surface area contributed by atoms with Crippen LogP contribution in [-0.2, 0) is 4.79 Å². The average Bonchev–Trinajstić information content (AvgIpc) is 3.08. The highest BCUT2D eigenvalue weighted by molar-refractivity contribution is 5.79. The van der Waals surface area contributed by atoms with Crippen molar-refractivity contribution in [1.29, 1.82) is 0 Å². The highest BCUT2D eigenvalue weighted by atomic mass is 19.4. The van der Waals surface area contributed by atoms with Gasteiger partial charge in [0, 0.05) is 31.4 Å². The van der Waals surface area contributed by atoms with Crippen molar-refractivity contribution in [3.8, 4) is 0 Å². The number of imidazole rings is 1.